The van der Waals surface area contributed by atoms with Crippen LogP contribution in [0.25, 0.3) is 0 Å². The molecule has 3 rings (SSSR count). The van der Waals surface area contributed by atoms with Gasteiger partial charge in [0.1, 0.15) is 6.04 Å². The SMILES string of the molecule is Cc1cnc(NC(=O)CC2NC(=O)c3ccccc3NC2=O)s1. The Morgan fingerprint density at radius 1 is 1.35 bits per heavy atom. The standard InChI is InChI=1S/C15H14N4O3S/c1-8-7-16-15(23-8)19-12(20)6-11-14(22)17-10-5-3-2-4-9(10)13(21)18-11/h2-5,7,11H,6H2,1H3,(H,17,22)(H,18,21)(H,16,19,20). The number of aryl methyl sites for hydroxylation is 1. The van der Waals surface area contributed by atoms with Crippen molar-refractivity contribution < 1.29 is 14.4 Å². The van der Waals surface area contributed by atoms with Crippen LogP contribution in [0.15, 0.2) is 30.5 Å². The van der Waals surface area contributed by atoms with Gasteiger partial charge >= 0.3 is 0 Å². The number of benzene rings is 1. The fraction of sp³-hybridized carbons (Fsp3) is 0.200. The average molecular weight is 330 g/mol. The van der Waals surface area contributed by atoms with Crippen LogP contribution in [0.2, 0.25) is 0 Å². The molecule has 23 heavy (non-hydrogen) atoms. The molecule has 2 aromatic rings. The first-order valence-electron chi connectivity index (χ1n) is 6.96. The number of nitrogens with zero attached hydrogens (tertiary/aromatic N) is 1. The Balaban J connectivity index is 1.70. The second-order valence-corrected chi connectivity index (χ2v) is 6.32. The van der Waals surface area contributed by atoms with E-state index in [2.05, 4.69) is 20.9 Å². The minimum atomic E-state index is -0.934. The molecule has 8 heteroatoms. The number of anilines is 2. The average Bonchev–Trinajstić information content (AvgIpc) is 2.86. The molecule has 1 aliphatic rings. The van der Waals surface area contributed by atoms with Crippen LogP contribution >= 0.6 is 11.3 Å². The van der Waals surface area contributed by atoms with Crippen molar-refractivity contribution in [3.8, 4) is 0 Å². The van der Waals surface area contributed by atoms with Crippen molar-refractivity contribution in [3.05, 3.63) is 40.9 Å². The molecule has 118 valence electrons. The summed E-state index contributed by atoms with van der Waals surface area (Å²) in [4.78, 5) is 41.4. The smallest absolute Gasteiger partial charge is 0.254 e. The van der Waals surface area contributed by atoms with Crippen molar-refractivity contribution in [2.24, 2.45) is 0 Å². The Morgan fingerprint density at radius 3 is 2.87 bits per heavy atom. The Bertz CT molecular complexity index is 787. The molecule has 1 aromatic heterocycles. The lowest BCUT2D eigenvalue weighted by Crippen LogP contribution is -2.43. The first-order valence-corrected chi connectivity index (χ1v) is 7.77. The van der Waals surface area contributed by atoms with Crippen LogP contribution < -0.4 is 16.0 Å². The molecule has 0 radical (unpaired) electrons. The molecule has 0 fully saturated rings. The monoisotopic (exact) mass is 330 g/mol. The number of para-hydroxylation sites is 1. The van der Waals surface area contributed by atoms with E-state index in [9.17, 15) is 14.4 Å². The van der Waals surface area contributed by atoms with Gasteiger partial charge in [0.15, 0.2) is 5.13 Å². The quantitative estimate of drug-likeness (QED) is 0.794. The third kappa shape index (κ3) is 3.37. The predicted molar refractivity (Wildman–Crippen MR) is 86.4 cm³/mol. The van der Waals surface area contributed by atoms with Gasteiger partial charge in [-0.1, -0.05) is 12.1 Å². The third-order valence-corrected chi connectivity index (χ3v) is 4.14. The molecular formula is C15H14N4O3S. The van der Waals surface area contributed by atoms with Crippen LogP contribution in [0, 0.1) is 6.92 Å². The number of hydrogen-bond acceptors (Lipinski definition) is 5. The van der Waals surface area contributed by atoms with Crippen molar-refractivity contribution in [2.75, 3.05) is 10.6 Å². The number of thiazole rings is 1. The van der Waals surface area contributed by atoms with Gasteiger partial charge in [-0.2, -0.15) is 0 Å². The molecule has 1 atom stereocenters. The van der Waals surface area contributed by atoms with Gasteiger partial charge in [-0.3, -0.25) is 14.4 Å². The Kier molecular flexibility index (Phi) is 4.07. The predicted octanol–water partition coefficient (Wildman–Crippen LogP) is 1.53. The Hall–Kier alpha value is -2.74. The van der Waals surface area contributed by atoms with E-state index < -0.39 is 11.9 Å². The summed E-state index contributed by atoms with van der Waals surface area (Å²) in [6.45, 7) is 1.88. The normalized spacial score (nSPS) is 16.8. The number of aromatic nitrogens is 1. The van der Waals surface area contributed by atoms with Gasteiger partial charge in [0.25, 0.3) is 5.91 Å². The van der Waals surface area contributed by atoms with Gasteiger partial charge < -0.3 is 16.0 Å². The summed E-state index contributed by atoms with van der Waals surface area (Å²) in [5.41, 5.74) is 0.813. The summed E-state index contributed by atoms with van der Waals surface area (Å²) in [6.07, 6.45) is 1.49. The molecule has 0 saturated carbocycles. The van der Waals surface area contributed by atoms with Crippen LogP contribution in [0.4, 0.5) is 10.8 Å². The van der Waals surface area contributed by atoms with Gasteiger partial charge in [-0.15, -0.1) is 11.3 Å². The van der Waals surface area contributed by atoms with Gasteiger partial charge in [0.05, 0.1) is 17.7 Å². The highest BCUT2D eigenvalue weighted by Gasteiger charge is 2.29. The fourth-order valence-electron chi connectivity index (χ4n) is 2.22. The molecule has 0 bridgehead atoms. The number of carbonyl (C=O) groups excluding carboxylic acids is 3. The van der Waals surface area contributed by atoms with Crippen molar-refractivity contribution in [1.82, 2.24) is 10.3 Å². The third-order valence-electron chi connectivity index (χ3n) is 3.31. The Labute approximate surface area is 136 Å². The summed E-state index contributed by atoms with van der Waals surface area (Å²) in [5, 5.41) is 8.33. The van der Waals surface area contributed by atoms with Gasteiger partial charge in [-0.05, 0) is 19.1 Å². The van der Waals surface area contributed by atoms with E-state index >= 15 is 0 Å². The number of nitrogens with one attached hydrogen (secondary N) is 3. The molecule has 1 aromatic carbocycles. The number of hydrogen-bond donors (Lipinski definition) is 3. The van der Waals surface area contributed by atoms with Crippen molar-refractivity contribution in [2.45, 2.75) is 19.4 Å². The molecule has 2 heterocycles. The molecule has 0 spiro atoms. The summed E-state index contributed by atoms with van der Waals surface area (Å²) >= 11 is 1.34. The van der Waals surface area contributed by atoms with E-state index in [1.54, 1.807) is 30.5 Å². The zero-order valence-electron chi connectivity index (χ0n) is 12.3. The molecule has 3 amide bonds. The molecule has 0 aliphatic carbocycles. The first kappa shape index (κ1) is 15.2. The van der Waals surface area contributed by atoms with Crippen LogP contribution in [0.3, 0.4) is 0 Å². The van der Waals surface area contributed by atoms with Crippen molar-refractivity contribution >= 4 is 39.9 Å². The zero-order chi connectivity index (χ0) is 16.4. The molecule has 0 saturated heterocycles. The molecule has 1 aliphatic heterocycles. The highest BCUT2D eigenvalue weighted by Crippen LogP contribution is 2.20. The second kappa shape index (κ2) is 6.17. The van der Waals surface area contributed by atoms with E-state index in [0.717, 1.165) is 4.88 Å². The molecular weight excluding hydrogens is 316 g/mol. The van der Waals surface area contributed by atoms with Crippen LogP contribution in [-0.4, -0.2) is 28.7 Å². The first-order chi connectivity index (χ1) is 11.0. The van der Waals surface area contributed by atoms with E-state index in [1.807, 2.05) is 6.92 Å². The fourth-order valence-corrected chi connectivity index (χ4v) is 2.90. The summed E-state index contributed by atoms with van der Waals surface area (Å²) in [7, 11) is 0. The largest absolute Gasteiger partial charge is 0.340 e. The van der Waals surface area contributed by atoms with Crippen LogP contribution in [-0.2, 0) is 9.59 Å². The highest BCUT2D eigenvalue weighted by atomic mass is 32.1. The van der Waals surface area contributed by atoms with E-state index in [4.69, 9.17) is 0 Å². The Morgan fingerprint density at radius 2 is 2.13 bits per heavy atom. The van der Waals surface area contributed by atoms with Crippen LogP contribution in [0.5, 0.6) is 0 Å². The second-order valence-electron chi connectivity index (χ2n) is 5.09. The lowest BCUT2D eigenvalue weighted by Gasteiger charge is -2.13. The number of carbonyl (C=O) groups is 3. The van der Waals surface area contributed by atoms with Gasteiger partial charge in [-0.25, -0.2) is 4.98 Å². The van der Waals surface area contributed by atoms with Gasteiger partial charge in [0.2, 0.25) is 11.8 Å². The maximum absolute atomic E-state index is 12.2. The highest BCUT2D eigenvalue weighted by molar-refractivity contribution is 7.15. The minimum absolute atomic E-state index is 0.163. The summed E-state index contributed by atoms with van der Waals surface area (Å²) < 4.78 is 0. The maximum atomic E-state index is 12.2. The zero-order valence-corrected chi connectivity index (χ0v) is 13.1. The molecule has 7 nitrogen and oxygen atoms in total. The number of rotatable bonds is 3. The molecule has 3 N–H and O–H groups in total. The van der Waals surface area contributed by atoms with Crippen LogP contribution in [0.1, 0.15) is 21.7 Å². The lowest BCUT2D eigenvalue weighted by molar-refractivity contribution is -0.122. The van der Waals surface area contributed by atoms with Crippen molar-refractivity contribution in [3.63, 3.8) is 0 Å². The topological polar surface area (TPSA) is 100 Å². The molecule has 1 unspecified atom stereocenters. The van der Waals surface area contributed by atoms with Crippen molar-refractivity contribution in [1.29, 1.82) is 0 Å². The van der Waals surface area contributed by atoms with E-state index in [-0.39, 0.29) is 18.2 Å². The number of amides is 3. The van der Waals surface area contributed by atoms with E-state index in [0.29, 0.717) is 16.4 Å². The van der Waals surface area contributed by atoms with E-state index in [1.165, 1.54) is 11.3 Å². The minimum Gasteiger partial charge on any atom is -0.340 e. The number of fused-ring (bicyclic) bond motifs is 1. The summed E-state index contributed by atoms with van der Waals surface area (Å²) in [5.74, 6) is -1.19. The lowest BCUT2D eigenvalue weighted by atomic mass is 10.1. The maximum Gasteiger partial charge on any atom is 0.254 e. The van der Waals surface area contributed by atoms with Gasteiger partial charge in [0, 0.05) is 11.1 Å². The summed E-state index contributed by atoms with van der Waals surface area (Å²) in [6, 6.07) is 5.77.